The van der Waals surface area contributed by atoms with Crippen LogP contribution in [0.15, 0.2) is 28.1 Å². The molecule has 0 atom stereocenters. The molecule has 0 aliphatic carbocycles. The molecule has 0 spiro atoms. The molecule has 26 heavy (non-hydrogen) atoms. The van der Waals surface area contributed by atoms with Crippen LogP contribution in [0.4, 0.5) is 10.9 Å². The van der Waals surface area contributed by atoms with Gasteiger partial charge in [-0.15, -0.1) is 22.7 Å². The summed E-state index contributed by atoms with van der Waals surface area (Å²) in [7, 11) is 0. The van der Waals surface area contributed by atoms with Crippen LogP contribution in [0.25, 0.3) is 10.6 Å². The van der Waals surface area contributed by atoms with Crippen molar-refractivity contribution in [3.63, 3.8) is 0 Å². The van der Waals surface area contributed by atoms with Crippen LogP contribution in [0.1, 0.15) is 17.1 Å². The van der Waals surface area contributed by atoms with Gasteiger partial charge in [-0.05, 0) is 24.8 Å². The van der Waals surface area contributed by atoms with Crippen molar-refractivity contribution in [2.24, 2.45) is 0 Å². The maximum Gasteiger partial charge on any atom is 0.245 e. The fraction of sp³-hybridized carbons (Fsp3) is 0.250. The largest absolute Gasteiger partial charge is 0.375 e. The maximum atomic E-state index is 12.0. The first-order chi connectivity index (χ1) is 12.5. The summed E-state index contributed by atoms with van der Waals surface area (Å²) < 4.78 is 4.86. The highest BCUT2D eigenvalue weighted by molar-refractivity contribution is 7.17. The lowest BCUT2D eigenvalue weighted by atomic mass is 10.2. The quantitative estimate of drug-likeness (QED) is 0.568. The molecule has 3 heterocycles. The highest BCUT2D eigenvalue weighted by Gasteiger charge is 2.15. The number of thiazole rings is 1. The molecule has 3 rings (SSSR count). The topological polar surface area (TPSA) is 123 Å². The van der Waals surface area contributed by atoms with Gasteiger partial charge in [0.05, 0.1) is 17.1 Å². The number of amides is 2. The number of nitrogen functional groups attached to an aromatic ring is 1. The second-order valence-electron chi connectivity index (χ2n) is 5.45. The van der Waals surface area contributed by atoms with Gasteiger partial charge in [-0.2, -0.15) is 0 Å². The first kappa shape index (κ1) is 18.1. The number of aromatic nitrogens is 2. The van der Waals surface area contributed by atoms with Gasteiger partial charge in [-0.1, -0.05) is 11.2 Å². The molecule has 0 radical (unpaired) electrons. The minimum absolute atomic E-state index is 0.132. The summed E-state index contributed by atoms with van der Waals surface area (Å²) in [6, 6.07) is 5.51. The molecule has 0 saturated heterocycles. The zero-order valence-corrected chi connectivity index (χ0v) is 15.6. The smallest absolute Gasteiger partial charge is 0.245 e. The van der Waals surface area contributed by atoms with Gasteiger partial charge in [0.1, 0.15) is 5.76 Å². The Morgan fingerprint density at radius 1 is 1.35 bits per heavy atom. The third-order valence-corrected chi connectivity index (χ3v) is 5.21. The molecule has 0 saturated carbocycles. The SMILES string of the molecule is Cc1cc(NC(=O)CNC(=O)CCc2sc(N)nc2-c2cccs2)no1. The molecule has 0 aliphatic heterocycles. The third-order valence-electron chi connectivity index (χ3n) is 3.39. The van der Waals surface area contributed by atoms with Crippen LogP contribution in [0.5, 0.6) is 0 Å². The molecule has 136 valence electrons. The van der Waals surface area contributed by atoms with Crippen molar-refractivity contribution < 1.29 is 14.1 Å². The molecule has 0 bridgehead atoms. The molecule has 10 heteroatoms. The number of carbonyl (C=O) groups is 2. The Morgan fingerprint density at radius 2 is 2.19 bits per heavy atom. The van der Waals surface area contributed by atoms with Crippen LogP contribution in [-0.2, 0) is 16.0 Å². The highest BCUT2D eigenvalue weighted by Crippen LogP contribution is 2.33. The number of anilines is 2. The van der Waals surface area contributed by atoms with Crippen molar-refractivity contribution in [3.8, 4) is 10.6 Å². The van der Waals surface area contributed by atoms with E-state index in [1.54, 1.807) is 24.3 Å². The Labute approximate surface area is 157 Å². The van der Waals surface area contributed by atoms with Crippen LogP contribution in [0, 0.1) is 6.92 Å². The number of thiophene rings is 1. The van der Waals surface area contributed by atoms with Crippen LogP contribution in [0.3, 0.4) is 0 Å². The second kappa shape index (κ2) is 8.11. The number of aryl methyl sites for hydroxylation is 2. The van der Waals surface area contributed by atoms with E-state index in [0.717, 1.165) is 15.4 Å². The molecule has 0 aliphatic rings. The summed E-state index contributed by atoms with van der Waals surface area (Å²) in [5.74, 6) is 0.325. The third kappa shape index (κ3) is 4.67. The molecule has 0 unspecified atom stereocenters. The van der Waals surface area contributed by atoms with Crippen LogP contribution in [-0.4, -0.2) is 28.5 Å². The second-order valence-corrected chi connectivity index (χ2v) is 7.51. The van der Waals surface area contributed by atoms with Crippen molar-refractivity contribution in [1.29, 1.82) is 0 Å². The number of nitrogens with two attached hydrogens (primary N) is 1. The summed E-state index contributed by atoms with van der Waals surface area (Å²) in [6.45, 7) is 1.59. The summed E-state index contributed by atoms with van der Waals surface area (Å²) in [6.07, 6.45) is 0.758. The molecule has 8 nitrogen and oxygen atoms in total. The molecule has 2 amide bonds. The van der Waals surface area contributed by atoms with Crippen molar-refractivity contribution in [3.05, 3.63) is 34.2 Å². The number of rotatable bonds is 7. The first-order valence-electron chi connectivity index (χ1n) is 7.80. The molecule has 3 aromatic heterocycles. The number of carbonyl (C=O) groups excluding carboxylic acids is 2. The van der Waals surface area contributed by atoms with E-state index in [9.17, 15) is 9.59 Å². The van der Waals surface area contributed by atoms with Gasteiger partial charge in [-0.25, -0.2) is 4.98 Å². The highest BCUT2D eigenvalue weighted by atomic mass is 32.1. The molecule has 0 aromatic carbocycles. The predicted octanol–water partition coefficient (Wildman–Crippen LogP) is 2.44. The van der Waals surface area contributed by atoms with Crippen molar-refractivity contribution in [2.45, 2.75) is 19.8 Å². The van der Waals surface area contributed by atoms with E-state index < -0.39 is 0 Å². The Morgan fingerprint density at radius 3 is 2.88 bits per heavy atom. The lowest BCUT2D eigenvalue weighted by Crippen LogP contribution is -2.33. The Balaban J connectivity index is 1.48. The van der Waals surface area contributed by atoms with Gasteiger partial charge in [0, 0.05) is 17.4 Å². The van der Waals surface area contributed by atoms with Crippen molar-refractivity contribution in [1.82, 2.24) is 15.5 Å². The van der Waals surface area contributed by atoms with E-state index in [-0.39, 0.29) is 24.8 Å². The predicted molar refractivity (Wildman–Crippen MR) is 101 cm³/mol. The van der Waals surface area contributed by atoms with E-state index in [1.165, 1.54) is 11.3 Å². The van der Waals surface area contributed by atoms with Gasteiger partial charge in [0.2, 0.25) is 11.8 Å². The molecule has 3 aromatic rings. The Kier molecular flexibility index (Phi) is 5.64. The Hall–Kier alpha value is -2.72. The van der Waals surface area contributed by atoms with Gasteiger partial charge < -0.3 is 20.9 Å². The fourth-order valence-electron chi connectivity index (χ4n) is 2.25. The van der Waals surface area contributed by atoms with Gasteiger partial charge in [0.25, 0.3) is 0 Å². The zero-order valence-electron chi connectivity index (χ0n) is 13.9. The average molecular weight is 391 g/mol. The summed E-state index contributed by atoms with van der Waals surface area (Å²) >= 11 is 2.95. The van der Waals surface area contributed by atoms with Crippen molar-refractivity contribution in [2.75, 3.05) is 17.6 Å². The molecule has 4 N–H and O–H groups in total. The van der Waals surface area contributed by atoms with E-state index in [2.05, 4.69) is 20.8 Å². The summed E-state index contributed by atoms with van der Waals surface area (Å²) in [4.78, 5) is 30.1. The lowest BCUT2D eigenvalue weighted by molar-refractivity contribution is -0.124. The molecular formula is C16H17N5O3S2. The summed E-state index contributed by atoms with van der Waals surface area (Å²) in [5, 5.41) is 11.2. The van der Waals surface area contributed by atoms with Crippen molar-refractivity contribution >= 4 is 45.4 Å². The number of nitrogens with one attached hydrogen (secondary N) is 2. The molecule has 0 fully saturated rings. The minimum Gasteiger partial charge on any atom is -0.375 e. The van der Waals surface area contributed by atoms with E-state index >= 15 is 0 Å². The van der Waals surface area contributed by atoms with Gasteiger partial charge in [-0.3, -0.25) is 9.59 Å². The van der Waals surface area contributed by atoms with Gasteiger partial charge in [0.15, 0.2) is 10.9 Å². The maximum absolute atomic E-state index is 12.0. The zero-order chi connectivity index (χ0) is 18.5. The van der Waals surface area contributed by atoms with E-state index in [1.807, 2.05) is 17.5 Å². The standard InChI is InChI=1S/C16H17N5O3S2/c1-9-7-12(21-24-9)19-14(23)8-18-13(22)5-4-11-15(20-16(17)26-11)10-3-2-6-25-10/h2-3,6-7H,4-5,8H2,1H3,(H2,17,20)(H,18,22)(H,19,21,23). The van der Waals surface area contributed by atoms with E-state index in [4.69, 9.17) is 10.3 Å². The van der Waals surface area contributed by atoms with Crippen LogP contribution in [0.2, 0.25) is 0 Å². The van der Waals surface area contributed by atoms with E-state index in [0.29, 0.717) is 23.1 Å². The Bertz CT molecular complexity index is 901. The number of hydrogen-bond donors (Lipinski definition) is 3. The average Bonchev–Trinajstić information content (AvgIpc) is 3.32. The normalized spacial score (nSPS) is 10.7. The van der Waals surface area contributed by atoms with Crippen LogP contribution < -0.4 is 16.4 Å². The minimum atomic E-state index is -0.368. The fourth-order valence-corrected chi connectivity index (χ4v) is 3.90. The monoisotopic (exact) mass is 391 g/mol. The number of nitrogens with zero attached hydrogens (tertiary/aromatic N) is 2. The van der Waals surface area contributed by atoms with Crippen LogP contribution >= 0.6 is 22.7 Å². The first-order valence-corrected chi connectivity index (χ1v) is 9.50. The van der Waals surface area contributed by atoms with Gasteiger partial charge >= 0.3 is 0 Å². The summed E-state index contributed by atoms with van der Waals surface area (Å²) in [5.41, 5.74) is 6.64. The number of hydrogen-bond acceptors (Lipinski definition) is 8. The lowest BCUT2D eigenvalue weighted by Gasteiger charge is -2.05. The molecular weight excluding hydrogens is 374 g/mol.